The molecule has 0 aromatic carbocycles. The SMILES string of the molecule is CCNC(Cc1ncccc1C)c1ccc(Br)o1. The molecule has 1 N–H and O–H groups in total. The van der Waals surface area contributed by atoms with E-state index in [0.29, 0.717) is 0 Å². The number of likely N-dealkylation sites (N-methyl/N-ethyl adjacent to an activating group) is 1. The van der Waals surface area contributed by atoms with Gasteiger partial charge in [-0.2, -0.15) is 0 Å². The van der Waals surface area contributed by atoms with Gasteiger partial charge in [0.1, 0.15) is 5.76 Å². The van der Waals surface area contributed by atoms with Crippen molar-refractivity contribution in [3.8, 4) is 0 Å². The minimum absolute atomic E-state index is 0.162. The Morgan fingerprint density at radius 2 is 2.22 bits per heavy atom. The molecule has 2 aromatic heterocycles. The second kappa shape index (κ2) is 6.16. The maximum Gasteiger partial charge on any atom is 0.169 e. The van der Waals surface area contributed by atoms with Crippen LogP contribution in [0.4, 0.5) is 0 Å². The number of aromatic nitrogens is 1. The predicted octanol–water partition coefficient (Wildman–Crippen LogP) is 3.64. The van der Waals surface area contributed by atoms with E-state index >= 15 is 0 Å². The largest absolute Gasteiger partial charge is 0.453 e. The lowest BCUT2D eigenvalue weighted by molar-refractivity contribution is 0.403. The highest BCUT2D eigenvalue weighted by atomic mass is 79.9. The summed E-state index contributed by atoms with van der Waals surface area (Å²) in [4.78, 5) is 4.44. The van der Waals surface area contributed by atoms with E-state index < -0.39 is 0 Å². The van der Waals surface area contributed by atoms with Crippen LogP contribution in [0.15, 0.2) is 39.5 Å². The quantitative estimate of drug-likeness (QED) is 0.916. The lowest BCUT2D eigenvalue weighted by Gasteiger charge is -2.16. The summed E-state index contributed by atoms with van der Waals surface area (Å²) in [6.45, 7) is 5.08. The van der Waals surface area contributed by atoms with Gasteiger partial charge in [-0.25, -0.2) is 0 Å². The number of hydrogen-bond donors (Lipinski definition) is 1. The van der Waals surface area contributed by atoms with E-state index in [4.69, 9.17) is 4.42 Å². The Hall–Kier alpha value is -1.13. The average molecular weight is 309 g/mol. The molecule has 0 fully saturated rings. The number of aryl methyl sites for hydroxylation is 1. The third-order valence-corrected chi connectivity index (χ3v) is 3.33. The van der Waals surface area contributed by atoms with Crippen LogP contribution in [0.1, 0.15) is 30.0 Å². The number of hydrogen-bond acceptors (Lipinski definition) is 3. The van der Waals surface area contributed by atoms with Crippen LogP contribution in [0.25, 0.3) is 0 Å². The molecule has 2 rings (SSSR count). The average Bonchev–Trinajstić information content (AvgIpc) is 2.78. The van der Waals surface area contributed by atoms with Crippen molar-refractivity contribution >= 4 is 15.9 Å². The van der Waals surface area contributed by atoms with Crippen LogP contribution in [-0.4, -0.2) is 11.5 Å². The van der Waals surface area contributed by atoms with Crippen LogP contribution in [0.2, 0.25) is 0 Å². The molecule has 1 atom stereocenters. The summed E-state index contributed by atoms with van der Waals surface area (Å²) in [7, 11) is 0. The van der Waals surface area contributed by atoms with E-state index in [1.807, 2.05) is 24.4 Å². The first-order valence-electron chi connectivity index (χ1n) is 6.09. The first-order valence-corrected chi connectivity index (χ1v) is 6.89. The summed E-state index contributed by atoms with van der Waals surface area (Å²) in [6, 6.07) is 8.13. The lowest BCUT2D eigenvalue weighted by atomic mass is 10.1. The maximum absolute atomic E-state index is 5.64. The van der Waals surface area contributed by atoms with Crippen molar-refractivity contribution in [3.05, 3.63) is 52.1 Å². The Kier molecular flexibility index (Phi) is 4.55. The molecule has 0 amide bonds. The highest BCUT2D eigenvalue weighted by Gasteiger charge is 2.16. The summed E-state index contributed by atoms with van der Waals surface area (Å²) in [5.74, 6) is 0.939. The van der Waals surface area contributed by atoms with Gasteiger partial charge in [0.25, 0.3) is 0 Å². The fraction of sp³-hybridized carbons (Fsp3) is 0.357. The van der Waals surface area contributed by atoms with E-state index in [9.17, 15) is 0 Å². The zero-order valence-corrected chi connectivity index (χ0v) is 12.2. The van der Waals surface area contributed by atoms with E-state index in [0.717, 1.165) is 29.1 Å². The van der Waals surface area contributed by atoms with Gasteiger partial charge in [0, 0.05) is 18.3 Å². The van der Waals surface area contributed by atoms with Gasteiger partial charge in [-0.3, -0.25) is 4.98 Å². The minimum Gasteiger partial charge on any atom is -0.453 e. The molecule has 0 bridgehead atoms. The summed E-state index contributed by atoms with van der Waals surface area (Å²) in [5.41, 5.74) is 2.32. The van der Waals surface area contributed by atoms with Gasteiger partial charge >= 0.3 is 0 Å². The minimum atomic E-state index is 0.162. The summed E-state index contributed by atoms with van der Waals surface area (Å²) >= 11 is 3.34. The first kappa shape index (κ1) is 13.3. The molecule has 2 heterocycles. The zero-order valence-electron chi connectivity index (χ0n) is 10.6. The molecule has 0 spiro atoms. The summed E-state index contributed by atoms with van der Waals surface area (Å²) in [5, 5.41) is 3.43. The third-order valence-electron chi connectivity index (χ3n) is 2.90. The van der Waals surface area contributed by atoms with Crippen molar-refractivity contribution in [1.82, 2.24) is 10.3 Å². The first-order chi connectivity index (χ1) is 8.70. The zero-order chi connectivity index (χ0) is 13.0. The normalized spacial score (nSPS) is 12.6. The van der Waals surface area contributed by atoms with Crippen LogP contribution in [0, 0.1) is 6.92 Å². The number of furan rings is 1. The molecule has 0 saturated heterocycles. The molecule has 0 aliphatic carbocycles. The standard InChI is InChI=1S/C14H17BrN2O/c1-3-16-12(13-6-7-14(15)18-13)9-11-10(2)5-4-8-17-11/h4-8,12,16H,3,9H2,1-2H3. The Bertz CT molecular complexity index is 510. The van der Waals surface area contributed by atoms with Gasteiger partial charge in [0.05, 0.1) is 6.04 Å². The monoisotopic (exact) mass is 308 g/mol. The third kappa shape index (κ3) is 3.21. The Morgan fingerprint density at radius 1 is 1.39 bits per heavy atom. The van der Waals surface area contributed by atoms with Crippen LogP contribution in [0.3, 0.4) is 0 Å². The van der Waals surface area contributed by atoms with Gasteiger partial charge in [-0.05, 0) is 53.2 Å². The van der Waals surface area contributed by atoms with E-state index in [-0.39, 0.29) is 6.04 Å². The van der Waals surface area contributed by atoms with E-state index in [2.05, 4.69) is 46.1 Å². The van der Waals surface area contributed by atoms with Crippen molar-refractivity contribution in [2.75, 3.05) is 6.54 Å². The van der Waals surface area contributed by atoms with Crippen molar-refractivity contribution in [1.29, 1.82) is 0 Å². The summed E-state index contributed by atoms with van der Waals surface area (Å²) < 4.78 is 6.40. The fourth-order valence-electron chi connectivity index (χ4n) is 1.96. The molecular formula is C14H17BrN2O. The number of nitrogens with zero attached hydrogens (tertiary/aromatic N) is 1. The molecule has 0 saturated carbocycles. The lowest BCUT2D eigenvalue weighted by Crippen LogP contribution is -2.23. The maximum atomic E-state index is 5.64. The Labute approximate surface area is 116 Å². The van der Waals surface area contributed by atoms with Gasteiger partial charge in [-0.1, -0.05) is 13.0 Å². The molecule has 2 aromatic rings. The molecule has 0 aliphatic heterocycles. The molecule has 1 unspecified atom stereocenters. The van der Waals surface area contributed by atoms with E-state index in [1.165, 1.54) is 5.56 Å². The van der Waals surface area contributed by atoms with Crippen LogP contribution in [0.5, 0.6) is 0 Å². The highest BCUT2D eigenvalue weighted by molar-refractivity contribution is 9.10. The molecule has 18 heavy (non-hydrogen) atoms. The highest BCUT2D eigenvalue weighted by Crippen LogP contribution is 2.23. The predicted molar refractivity (Wildman–Crippen MR) is 75.5 cm³/mol. The van der Waals surface area contributed by atoms with Crippen molar-refractivity contribution in [3.63, 3.8) is 0 Å². The fourth-order valence-corrected chi connectivity index (χ4v) is 2.28. The molecule has 4 heteroatoms. The van der Waals surface area contributed by atoms with Crippen LogP contribution in [-0.2, 0) is 6.42 Å². The van der Waals surface area contributed by atoms with Gasteiger partial charge in [-0.15, -0.1) is 0 Å². The smallest absolute Gasteiger partial charge is 0.169 e. The Balaban J connectivity index is 2.19. The van der Waals surface area contributed by atoms with Gasteiger partial charge < -0.3 is 9.73 Å². The summed E-state index contributed by atoms with van der Waals surface area (Å²) in [6.07, 6.45) is 2.67. The van der Waals surface area contributed by atoms with E-state index in [1.54, 1.807) is 0 Å². The number of pyridine rings is 1. The van der Waals surface area contributed by atoms with Gasteiger partial charge in [0.2, 0.25) is 0 Å². The van der Waals surface area contributed by atoms with Crippen LogP contribution >= 0.6 is 15.9 Å². The van der Waals surface area contributed by atoms with Crippen molar-refractivity contribution < 1.29 is 4.42 Å². The molecular weight excluding hydrogens is 292 g/mol. The number of nitrogens with one attached hydrogen (secondary N) is 1. The van der Waals surface area contributed by atoms with Crippen molar-refractivity contribution in [2.24, 2.45) is 0 Å². The molecule has 0 aliphatic rings. The van der Waals surface area contributed by atoms with Gasteiger partial charge in [0.15, 0.2) is 4.67 Å². The number of rotatable bonds is 5. The topological polar surface area (TPSA) is 38.1 Å². The van der Waals surface area contributed by atoms with Crippen molar-refractivity contribution in [2.45, 2.75) is 26.3 Å². The molecule has 0 radical (unpaired) electrons. The second-order valence-corrected chi connectivity index (χ2v) is 5.00. The molecule has 3 nitrogen and oxygen atoms in total. The van der Waals surface area contributed by atoms with Crippen LogP contribution < -0.4 is 5.32 Å². The second-order valence-electron chi connectivity index (χ2n) is 4.22. The Morgan fingerprint density at radius 3 is 2.83 bits per heavy atom. The number of halogens is 1. The molecule has 96 valence electrons.